The maximum absolute atomic E-state index is 12.9. The molecule has 5 rings (SSSR count). The standard InChI is InChI=1S/C21H17BrN2O4S/c22-14-2-1-3-15(11-14)23-29(27,28)17-8-6-16(7-9-17)24-20(25)18-12-4-5-13(10-12)19(18)21(24)26/h1-9,11-13,18-19,23H,10H2/t12-,13+,18-,19+. The van der Waals surface area contributed by atoms with Crippen molar-refractivity contribution >= 4 is 49.1 Å². The van der Waals surface area contributed by atoms with Gasteiger partial charge in [0.25, 0.3) is 10.0 Å². The van der Waals surface area contributed by atoms with Crippen LogP contribution in [0.5, 0.6) is 0 Å². The van der Waals surface area contributed by atoms with E-state index in [1.807, 2.05) is 12.2 Å². The predicted octanol–water partition coefficient (Wildman–Crippen LogP) is 3.56. The summed E-state index contributed by atoms with van der Waals surface area (Å²) in [6, 6.07) is 12.7. The highest BCUT2D eigenvalue weighted by atomic mass is 79.9. The van der Waals surface area contributed by atoms with Crippen molar-refractivity contribution in [2.45, 2.75) is 11.3 Å². The maximum Gasteiger partial charge on any atom is 0.261 e. The molecule has 1 saturated heterocycles. The van der Waals surface area contributed by atoms with Gasteiger partial charge in [-0.1, -0.05) is 34.1 Å². The number of halogens is 1. The molecular formula is C21H17BrN2O4S. The Bertz CT molecular complexity index is 1130. The lowest BCUT2D eigenvalue weighted by Gasteiger charge is -2.17. The van der Waals surface area contributed by atoms with Crippen molar-refractivity contribution in [3.63, 3.8) is 0 Å². The van der Waals surface area contributed by atoms with Gasteiger partial charge in [0.2, 0.25) is 11.8 Å². The molecule has 0 radical (unpaired) electrons. The summed E-state index contributed by atoms with van der Waals surface area (Å²) in [6.45, 7) is 0. The molecule has 2 amide bonds. The van der Waals surface area contributed by atoms with E-state index in [2.05, 4.69) is 20.7 Å². The van der Waals surface area contributed by atoms with Crippen LogP contribution in [0.1, 0.15) is 6.42 Å². The first-order valence-corrected chi connectivity index (χ1v) is 11.6. The monoisotopic (exact) mass is 472 g/mol. The number of rotatable bonds is 4. The first-order valence-electron chi connectivity index (χ1n) is 9.30. The minimum absolute atomic E-state index is 0.0576. The average molecular weight is 473 g/mol. The lowest BCUT2D eigenvalue weighted by Crippen LogP contribution is -2.32. The molecule has 1 saturated carbocycles. The van der Waals surface area contributed by atoms with Crippen molar-refractivity contribution in [1.82, 2.24) is 0 Å². The normalized spacial score (nSPS) is 27.6. The Morgan fingerprint density at radius 2 is 1.55 bits per heavy atom. The third-order valence-corrected chi connectivity index (χ3v) is 7.84. The van der Waals surface area contributed by atoms with E-state index < -0.39 is 10.0 Å². The fourth-order valence-electron chi connectivity index (χ4n) is 4.70. The van der Waals surface area contributed by atoms with Crippen LogP contribution in [-0.2, 0) is 19.6 Å². The van der Waals surface area contributed by atoms with Crippen LogP contribution in [-0.4, -0.2) is 20.2 Å². The Labute approximate surface area is 176 Å². The minimum atomic E-state index is -3.79. The summed E-state index contributed by atoms with van der Waals surface area (Å²) in [5, 5.41) is 0. The van der Waals surface area contributed by atoms with Crippen LogP contribution in [0.15, 0.2) is 70.1 Å². The van der Waals surface area contributed by atoms with Gasteiger partial charge in [0.05, 0.1) is 22.4 Å². The summed E-state index contributed by atoms with van der Waals surface area (Å²) < 4.78 is 28.6. The topological polar surface area (TPSA) is 83.6 Å². The second kappa shape index (κ2) is 6.53. The van der Waals surface area contributed by atoms with Crippen LogP contribution in [0, 0.1) is 23.7 Å². The summed E-state index contributed by atoms with van der Waals surface area (Å²) in [5.74, 6) is -0.640. The van der Waals surface area contributed by atoms with Crippen molar-refractivity contribution < 1.29 is 18.0 Å². The molecule has 2 bridgehead atoms. The minimum Gasteiger partial charge on any atom is -0.280 e. The summed E-state index contributed by atoms with van der Waals surface area (Å²) >= 11 is 3.31. The van der Waals surface area contributed by atoms with Gasteiger partial charge in [-0.3, -0.25) is 19.2 Å². The highest BCUT2D eigenvalue weighted by Gasteiger charge is 2.59. The molecule has 0 unspecified atom stereocenters. The summed E-state index contributed by atoms with van der Waals surface area (Å²) in [7, 11) is -3.79. The number of hydrogen-bond donors (Lipinski definition) is 1. The van der Waals surface area contributed by atoms with Gasteiger partial charge >= 0.3 is 0 Å². The molecule has 2 aliphatic carbocycles. The number of carbonyl (C=O) groups is 2. The van der Waals surface area contributed by atoms with Crippen molar-refractivity contribution in [2.24, 2.45) is 23.7 Å². The van der Waals surface area contributed by atoms with Crippen LogP contribution in [0.3, 0.4) is 0 Å². The molecule has 2 fully saturated rings. The number of imide groups is 1. The lowest BCUT2D eigenvalue weighted by molar-refractivity contribution is -0.123. The van der Waals surface area contributed by atoms with Gasteiger partial charge in [-0.25, -0.2) is 8.42 Å². The van der Waals surface area contributed by atoms with Crippen LogP contribution in [0.2, 0.25) is 0 Å². The molecule has 1 aliphatic heterocycles. The largest absolute Gasteiger partial charge is 0.280 e. The van der Waals surface area contributed by atoms with E-state index in [4.69, 9.17) is 0 Å². The van der Waals surface area contributed by atoms with E-state index >= 15 is 0 Å². The van der Waals surface area contributed by atoms with Crippen molar-refractivity contribution in [1.29, 1.82) is 0 Å². The van der Waals surface area contributed by atoms with E-state index in [0.29, 0.717) is 11.4 Å². The Hall–Kier alpha value is -2.45. The molecule has 0 spiro atoms. The van der Waals surface area contributed by atoms with Gasteiger partial charge in [0.15, 0.2) is 0 Å². The molecule has 8 heteroatoms. The van der Waals surface area contributed by atoms with Gasteiger partial charge in [-0.15, -0.1) is 0 Å². The van der Waals surface area contributed by atoms with Gasteiger partial charge in [0, 0.05) is 10.2 Å². The van der Waals surface area contributed by atoms with Gasteiger partial charge in [-0.2, -0.15) is 0 Å². The quantitative estimate of drug-likeness (QED) is 0.544. The zero-order chi connectivity index (χ0) is 20.3. The number of nitrogens with zero attached hydrogens (tertiary/aromatic N) is 1. The molecule has 29 heavy (non-hydrogen) atoms. The van der Waals surface area contributed by atoms with E-state index in [1.165, 1.54) is 29.2 Å². The van der Waals surface area contributed by atoms with E-state index in [-0.39, 0.29) is 40.4 Å². The number of hydrogen-bond acceptors (Lipinski definition) is 4. The number of fused-ring (bicyclic) bond motifs is 5. The molecule has 2 aromatic rings. The number of anilines is 2. The third kappa shape index (κ3) is 2.93. The zero-order valence-electron chi connectivity index (χ0n) is 15.2. The second-order valence-electron chi connectivity index (χ2n) is 7.62. The van der Waals surface area contributed by atoms with Crippen molar-refractivity contribution in [3.05, 3.63) is 65.2 Å². The molecule has 1 heterocycles. The van der Waals surface area contributed by atoms with Crippen molar-refractivity contribution in [2.75, 3.05) is 9.62 Å². The molecule has 1 N–H and O–H groups in total. The summed E-state index contributed by atoms with van der Waals surface area (Å²) in [5.41, 5.74) is 0.847. The Morgan fingerprint density at radius 3 is 2.14 bits per heavy atom. The molecule has 2 aromatic carbocycles. The van der Waals surface area contributed by atoms with Crippen LogP contribution < -0.4 is 9.62 Å². The van der Waals surface area contributed by atoms with Gasteiger partial charge in [0.1, 0.15) is 0 Å². The zero-order valence-corrected chi connectivity index (χ0v) is 17.6. The van der Waals surface area contributed by atoms with E-state index in [1.54, 1.807) is 24.3 Å². The number of benzene rings is 2. The van der Waals surface area contributed by atoms with E-state index in [9.17, 15) is 18.0 Å². The number of carbonyl (C=O) groups excluding carboxylic acids is 2. The second-order valence-corrected chi connectivity index (χ2v) is 10.2. The number of sulfonamides is 1. The van der Waals surface area contributed by atoms with Crippen molar-refractivity contribution in [3.8, 4) is 0 Å². The SMILES string of the molecule is O=C1[C@@H]2[C@H](C(=O)N1c1ccc(S(=O)(=O)Nc3cccc(Br)c3)cc1)[C@@H]1C=C[C@H]2C1. The molecule has 4 atom stereocenters. The highest BCUT2D eigenvalue weighted by Crippen LogP contribution is 2.53. The Balaban J connectivity index is 1.39. The maximum atomic E-state index is 12.9. The van der Waals surface area contributed by atoms with Gasteiger partial charge < -0.3 is 0 Å². The van der Waals surface area contributed by atoms with Gasteiger partial charge in [-0.05, 0) is 60.7 Å². The number of allylic oxidation sites excluding steroid dienone is 2. The highest BCUT2D eigenvalue weighted by molar-refractivity contribution is 9.10. The van der Waals surface area contributed by atoms with Crippen LogP contribution in [0.4, 0.5) is 11.4 Å². The lowest BCUT2D eigenvalue weighted by atomic mass is 9.85. The fourth-order valence-corrected chi connectivity index (χ4v) is 6.15. The molecule has 0 aromatic heterocycles. The average Bonchev–Trinajstić information content (AvgIpc) is 3.35. The smallest absolute Gasteiger partial charge is 0.261 e. The summed E-state index contributed by atoms with van der Waals surface area (Å²) in [6.07, 6.45) is 4.96. The molecule has 3 aliphatic rings. The molecule has 6 nitrogen and oxygen atoms in total. The number of nitrogens with one attached hydrogen (secondary N) is 1. The summed E-state index contributed by atoms with van der Waals surface area (Å²) in [4.78, 5) is 27.0. The third-order valence-electron chi connectivity index (χ3n) is 5.95. The number of amides is 2. The van der Waals surface area contributed by atoms with Crippen LogP contribution in [0.25, 0.3) is 0 Å². The first-order chi connectivity index (χ1) is 13.8. The Morgan fingerprint density at radius 1 is 0.931 bits per heavy atom. The van der Waals surface area contributed by atoms with Crippen LogP contribution >= 0.6 is 15.9 Å². The first kappa shape index (κ1) is 18.6. The fraction of sp³-hybridized carbons (Fsp3) is 0.238. The Kier molecular flexibility index (Phi) is 4.18. The molecular weight excluding hydrogens is 456 g/mol. The predicted molar refractivity (Wildman–Crippen MR) is 112 cm³/mol. The van der Waals surface area contributed by atoms with E-state index in [0.717, 1.165) is 10.9 Å². The molecule has 148 valence electrons.